The standard InChI is InChI=1S/C18H29NO3/c1-13(2)16(20)18(4,5)12-19-17(21)14(3)22-11-15-9-7-6-8-10-15/h6-10,13-14,16,20H,11-12H2,1-5H3,(H,19,21). The molecule has 0 aliphatic carbocycles. The van der Waals surface area contributed by atoms with Crippen LogP contribution in [-0.4, -0.2) is 29.8 Å². The molecule has 4 nitrogen and oxygen atoms in total. The maximum atomic E-state index is 12.1. The zero-order chi connectivity index (χ0) is 16.8. The van der Waals surface area contributed by atoms with Gasteiger partial charge in [0.25, 0.3) is 0 Å². The maximum Gasteiger partial charge on any atom is 0.248 e. The van der Waals surface area contributed by atoms with Gasteiger partial charge in [0.1, 0.15) is 6.10 Å². The van der Waals surface area contributed by atoms with E-state index < -0.39 is 12.2 Å². The van der Waals surface area contributed by atoms with Crippen LogP contribution in [0.5, 0.6) is 0 Å². The lowest BCUT2D eigenvalue weighted by Crippen LogP contribution is -2.46. The van der Waals surface area contributed by atoms with Crippen LogP contribution in [0.25, 0.3) is 0 Å². The molecule has 0 fully saturated rings. The third-order valence-corrected chi connectivity index (χ3v) is 3.86. The summed E-state index contributed by atoms with van der Waals surface area (Å²) in [5.41, 5.74) is 0.667. The highest BCUT2D eigenvalue weighted by Gasteiger charge is 2.31. The molecule has 1 rings (SSSR count). The fourth-order valence-electron chi connectivity index (χ4n) is 2.34. The summed E-state index contributed by atoms with van der Waals surface area (Å²) in [5, 5.41) is 13.0. The van der Waals surface area contributed by atoms with Crippen molar-refractivity contribution in [3.05, 3.63) is 35.9 Å². The summed E-state index contributed by atoms with van der Waals surface area (Å²) in [7, 11) is 0. The minimum Gasteiger partial charge on any atom is -0.392 e. The lowest BCUT2D eigenvalue weighted by atomic mass is 9.80. The summed E-state index contributed by atoms with van der Waals surface area (Å²) in [6.07, 6.45) is -0.986. The molecule has 0 heterocycles. The molecule has 0 aliphatic rings. The molecule has 2 atom stereocenters. The summed E-state index contributed by atoms with van der Waals surface area (Å²) in [6, 6.07) is 9.76. The van der Waals surface area contributed by atoms with E-state index in [1.165, 1.54) is 0 Å². The van der Waals surface area contributed by atoms with Crippen LogP contribution < -0.4 is 5.32 Å². The summed E-state index contributed by atoms with van der Waals surface area (Å²) in [4.78, 5) is 12.1. The number of carbonyl (C=O) groups is 1. The largest absolute Gasteiger partial charge is 0.392 e. The van der Waals surface area contributed by atoms with Gasteiger partial charge in [-0.05, 0) is 18.4 Å². The fourth-order valence-corrected chi connectivity index (χ4v) is 2.34. The van der Waals surface area contributed by atoms with Crippen LogP contribution in [0.4, 0.5) is 0 Å². The highest BCUT2D eigenvalue weighted by Crippen LogP contribution is 2.25. The average Bonchev–Trinajstić information content (AvgIpc) is 2.50. The molecule has 0 radical (unpaired) electrons. The van der Waals surface area contributed by atoms with Crippen LogP contribution in [0.2, 0.25) is 0 Å². The van der Waals surface area contributed by atoms with Crippen molar-refractivity contribution in [3.8, 4) is 0 Å². The molecular weight excluding hydrogens is 278 g/mol. The number of hydrogen-bond donors (Lipinski definition) is 2. The molecular formula is C18H29NO3. The molecule has 2 N–H and O–H groups in total. The molecule has 0 saturated heterocycles. The van der Waals surface area contributed by atoms with Gasteiger partial charge in [-0.1, -0.05) is 58.0 Å². The van der Waals surface area contributed by atoms with Crippen molar-refractivity contribution in [2.75, 3.05) is 6.54 Å². The number of rotatable bonds is 8. The van der Waals surface area contributed by atoms with E-state index in [0.717, 1.165) is 5.56 Å². The summed E-state index contributed by atoms with van der Waals surface area (Å²) < 4.78 is 5.59. The van der Waals surface area contributed by atoms with Gasteiger partial charge in [-0.2, -0.15) is 0 Å². The zero-order valence-electron chi connectivity index (χ0n) is 14.3. The van der Waals surface area contributed by atoms with Gasteiger partial charge >= 0.3 is 0 Å². The normalized spacial score (nSPS) is 14.7. The molecule has 0 saturated carbocycles. The van der Waals surface area contributed by atoms with Crippen molar-refractivity contribution in [1.82, 2.24) is 5.32 Å². The van der Waals surface area contributed by atoms with Crippen molar-refractivity contribution in [2.24, 2.45) is 11.3 Å². The number of amides is 1. The summed E-state index contributed by atoms with van der Waals surface area (Å²) >= 11 is 0. The Bertz CT molecular complexity index is 457. The van der Waals surface area contributed by atoms with Gasteiger partial charge in [0.05, 0.1) is 12.7 Å². The average molecular weight is 307 g/mol. The molecule has 0 bridgehead atoms. The van der Waals surface area contributed by atoms with E-state index >= 15 is 0 Å². The predicted octanol–water partition coefficient (Wildman–Crippen LogP) is 2.75. The number of carbonyl (C=O) groups excluding carboxylic acids is 1. The molecule has 2 unspecified atom stereocenters. The lowest BCUT2D eigenvalue weighted by Gasteiger charge is -2.33. The van der Waals surface area contributed by atoms with E-state index in [1.54, 1.807) is 6.92 Å². The number of nitrogens with one attached hydrogen (secondary N) is 1. The van der Waals surface area contributed by atoms with Crippen molar-refractivity contribution in [2.45, 2.75) is 53.4 Å². The quantitative estimate of drug-likeness (QED) is 0.776. The first kappa shape index (κ1) is 18.7. The Balaban J connectivity index is 2.41. The van der Waals surface area contributed by atoms with E-state index in [2.05, 4.69) is 5.32 Å². The van der Waals surface area contributed by atoms with Gasteiger partial charge in [0.15, 0.2) is 0 Å². The molecule has 0 spiro atoms. The second-order valence-electron chi connectivity index (χ2n) is 6.83. The molecule has 0 aromatic heterocycles. The van der Waals surface area contributed by atoms with Crippen molar-refractivity contribution >= 4 is 5.91 Å². The van der Waals surface area contributed by atoms with Gasteiger partial charge in [0, 0.05) is 12.0 Å². The van der Waals surface area contributed by atoms with Gasteiger partial charge in [-0.25, -0.2) is 0 Å². The van der Waals surface area contributed by atoms with E-state index in [9.17, 15) is 9.90 Å². The molecule has 22 heavy (non-hydrogen) atoms. The molecule has 124 valence electrons. The molecule has 4 heteroatoms. The maximum absolute atomic E-state index is 12.1. The zero-order valence-corrected chi connectivity index (χ0v) is 14.3. The molecule has 1 amide bonds. The number of aliphatic hydroxyl groups is 1. The first-order chi connectivity index (χ1) is 10.2. The minimum absolute atomic E-state index is 0.152. The monoisotopic (exact) mass is 307 g/mol. The van der Waals surface area contributed by atoms with Crippen LogP contribution in [0.3, 0.4) is 0 Å². The Hall–Kier alpha value is -1.39. The van der Waals surface area contributed by atoms with Gasteiger partial charge in [-0.15, -0.1) is 0 Å². The number of aliphatic hydroxyl groups excluding tert-OH is 1. The molecule has 0 aliphatic heterocycles. The van der Waals surface area contributed by atoms with E-state index in [4.69, 9.17) is 4.74 Å². The number of benzene rings is 1. The highest BCUT2D eigenvalue weighted by molar-refractivity contribution is 5.80. The SMILES string of the molecule is CC(OCc1ccccc1)C(=O)NCC(C)(C)C(O)C(C)C. The van der Waals surface area contributed by atoms with Crippen molar-refractivity contribution < 1.29 is 14.6 Å². The van der Waals surface area contributed by atoms with Gasteiger partial charge in [-0.3, -0.25) is 4.79 Å². The van der Waals surface area contributed by atoms with Gasteiger partial charge in [0.2, 0.25) is 5.91 Å². The smallest absolute Gasteiger partial charge is 0.248 e. The highest BCUT2D eigenvalue weighted by atomic mass is 16.5. The predicted molar refractivity (Wildman–Crippen MR) is 88.3 cm³/mol. The lowest BCUT2D eigenvalue weighted by molar-refractivity contribution is -0.133. The fraction of sp³-hybridized carbons (Fsp3) is 0.611. The topological polar surface area (TPSA) is 58.6 Å². The van der Waals surface area contributed by atoms with Crippen LogP contribution >= 0.6 is 0 Å². The third kappa shape index (κ3) is 5.78. The third-order valence-electron chi connectivity index (χ3n) is 3.86. The van der Waals surface area contributed by atoms with Crippen LogP contribution in [0.15, 0.2) is 30.3 Å². The van der Waals surface area contributed by atoms with Crippen LogP contribution in [0, 0.1) is 11.3 Å². The minimum atomic E-state index is -0.521. The van der Waals surface area contributed by atoms with Crippen molar-refractivity contribution in [1.29, 1.82) is 0 Å². The van der Waals surface area contributed by atoms with E-state index in [-0.39, 0.29) is 17.2 Å². The Morgan fingerprint density at radius 3 is 2.36 bits per heavy atom. The Morgan fingerprint density at radius 1 is 1.23 bits per heavy atom. The summed E-state index contributed by atoms with van der Waals surface area (Å²) in [6.45, 7) is 10.4. The second-order valence-corrected chi connectivity index (χ2v) is 6.83. The van der Waals surface area contributed by atoms with E-state index in [0.29, 0.717) is 13.2 Å². The first-order valence-electron chi connectivity index (χ1n) is 7.85. The Morgan fingerprint density at radius 2 is 1.82 bits per heavy atom. The second kappa shape index (κ2) is 8.30. The molecule has 1 aromatic rings. The number of ether oxygens (including phenoxy) is 1. The van der Waals surface area contributed by atoms with Crippen molar-refractivity contribution in [3.63, 3.8) is 0 Å². The summed E-state index contributed by atoms with van der Waals surface area (Å²) in [5.74, 6) is -0.00128. The van der Waals surface area contributed by atoms with Crippen LogP contribution in [0.1, 0.15) is 40.2 Å². The Kier molecular flexibility index (Phi) is 7.04. The van der Waals surface area contributed by atoms with Gasteiger partial charge < -0.3 is 15.2 Å². The van der Waals surface area contributed by atoms with Crippen LogP contribution in [-0.2, 0) is 16.1 Å². The molecule has 1 aromatic carbocycles. The van der Waals surface area contributed by atoms with E-state index in [1.807, 2.05) is 58.0 Å². The first-order valence-corrected chi connectivity index (χ1v) is 7.85. The number of hydrogen-bond acceptors (Lipinski definition) is 3. The Labute approximate surface area is 133 Å².